The van der Waals surface area contributed by atoms with Crippen LogP contribution in [0.25, 0.3) is 6.08 Å². The standard InChI is InChI=1S/C20H28BN3O4/c1-18(2,3)26-17(25)24-13-15(11-16-14(12-22)9-8-10-23-16)21-27-19(4,5)20(6,7)28-21/h8-11H,13H2,1-7H3,(H,24,25). The second kappa shape index (κ2) is 7.94. The van der Waals surface area contributed by atoms with E-state index in [4.69, 9.17) is 14.0 Å². The Morgan fingerprint density at radius 3 is 2.46 bits per heavy atom. The van der Waals surface area contributed by atoms with E-state index < -0.39 is 30.0 Å². The highest BCUT2D eigenvalue weighted by Crippen LogP contribution is 2.38. The van der Waals surface area contributed by atoms with E-state index in [-0.39, 0.29) is 6.54 Å². The van der Waals surface area contributed by atoms with E-state index in [1.165, 1.54) is 0 Å². The highest BCUT2D eigenvalue weighted by atomic mass is 16.7. The molecule has 2 rings (SSSR count). The molecule has 1 N–H and O–H groups in total. The SMILES string of the molecule is CC(C)(C)OC(=O)NCC(=Cc1ncccc1C#N)B1OC(C)(C)C(C)(C)O1. The van der Waals surface area contributed by atoms with E-state index in [0.717, 1.165) is 0 Å². The van der Waals surface area contributed by atoms with Gasteiger partial charge in [-0.2, -0.15) is 5.26 Å². The molecule has 1 aromatic rings. The fourth-order valence-corrected chi connectivity index (χ4v) is 2.49. The Balaban J connectivity index is 2.30. The third-order valence-electron chi connectivity index (χ3n) is 4.67. The lowest BCUT2D eigenvalue weighted by Crippen LogP contribution is -2.41. The maximum Gasteiger partial charge on any atom is 0.492 e. The average Bonchev–Trinajstić information content (AvgIpc) is 2.78. The first-order chi connectivity index (χ1) is 12.8. The molecule has 0 spiro atoms. The third-order valence-corrected chi connectivity index (χ3v) is 4.67. The lowest BCUT2D eigenvalue weighted by Gasteiger charge is -2.32. The second-order valence-corrected chi connectivity index (χ2v) is 8.71. The summed E-state index contributed by atoms with van der Waals surface area (Å²) in [5.41, 5.74) is -0.127. The van der Waals surface area contributed by atoms with Gasteiger partial charge in [-0.3, -0.25) is 4.98 Å². The first-order valence-corrected chi connectivity index (χ1v) is 9.23. The zero-order valence-corrected chi connectivity index (χ0v) is 17.6. The van der Waals surface area contributed by atoms with Gasteiger partial charge in [0.05, 0.1) is 22.5 Å². The van der Waals surface area contributed by atoms with Crippen LogP contribution in [-0.2, 0) is 14.0 Å². The first kappa shape index (κ1) is 21.9. The van der Waals surface area contributed by atoms with Gasteiger partial charge in [-0.05, 0) is 72.1 Å². The van der Waals surface area contributed by atoms with Crippen LogP contribution in [0.4, 0.5) is 4.79 Å². The van der Waals surface area contributed by atoms with Gasteiger partial charge >= 0.3 is 13.2 Å². The summed E-state index contributed by atoms with van der Waals surface area (Å²) in [4.78, 5) is 16.4. The van der Waals surface area contributed by atoms with Crippen LogP contribution in [-0.4, -0.2) is 41.5 Å². The maximum absolute atomic E-state index is 12.1. The molecule has 1 aliphatic rings. The molecule has 0 radical (unpaired) electrons. The van der Waals surface area contributed by atoms with E-state index >= 15 is 0 Å². The van der Waals surface area contributed by atoms with Crippen LogP contribution in [0.5, 0.6) is 0 Å². The lowest BCUT2D eigenvalue weighted by atomic mass is 9.77. The summed E-state index contributed by atoms with van der Waals surface area (Å²) >= 11 is 0. The third kappa shape index (κ3) is 5.34. The lowest BCUT2D eigenvalue weighted by molar-refractivity contribution is 0.00578. The number of alkyl carbamates (subject to hydrolysis) is 1. The van der Waals surface area contributed by atoms with Crippen molar-refractivity contribution in [1.29, 1.82) is 5.26 Å². The Hall–Kier alpha value is -2.37. The number of hydrogen-bond acceptors (Lipinski definition) is 6. The van der Waals surface area contributed by atoms with Crippen LogP contribution in [0.1, 0.15) is 59.7 Å². The Labute approximate surface area is 167 Å². The smallest absolute Gasteiger partial charge is 0.444 e. The number of nitriles is 1. The van der Waals surface area contributed by atoms with E-state index in [2.05, 4.69) is 16.4 Å². The normalized spacial score (nSPS) is 18.5. The van der Waals surface area contributed by atoms with Gasteiger partial charge in [-0.25, -0.2) is 4.79 Å². The Morgan fingerprint density at radius 2 is 1.93 bits per heavy atom. The Morgan fingerprint density at radius 1 is 1.32 bits per heavy atom. The van der Waals surface area contributed by atoms with Gasteiger partial charge in [0.25, 0.3) is 0 Å². The number of nitrogens with one attached hydrogen (secondary N) is 1. The molecule has 1 aliphatic heterocycles. The zero-order chi connectivity index (χ0) is 21.2. The average molecular weight is 385 g/mol. The fourth-order valence-electron chi connectivity index (χ4n) is 2.49. The van der Waals surface area contributed by atoms with Gasteiger partial charge in [0, 0.05) is 12.7 Å². The molecule has 0 atom stereocenters. The van der Waals surface area contributed by atoms with Crippen LogP contribution in [0.2, 0.25) is 0 Å². The van der Waals surface area contributed by atoms with Crippen molar-refractivity contribution in [3.63, 3.8) is 0 Å². The van der Waals surface area contributed by atoms with Crippen molar-refractivity contribution in [2.45, 2.75) is 65.3 Å². The van der Waals surface area contributed by atoms with E-state index in [9.17, 15) is 10.1 Å². The van der Waals surface area contributed by atoms with Gasteiger partial charge in [-0.15, -0.1) is 0 Å². The van der Waals surface area contributed by atoms with Crippen LogP contribution in [0.3, 0.4) is 0 Å². The summed E-state index contributed by atoms with van der Waals surface area (Å²) in [7, 11) is -0.687. The predicted octanol–water partition coefficient (Wildman–Crippen LogP) is 3.49. The molecule has 0 aliphatic carbocycles. The molecule has 0 aromatic carbocycles. The monoisotopic (exact) mass is 385 g/mol. The van der Waals surface area contributed by atoms with Gasteiger partial charge < -0.3 is 19.4 Å². The van der Waals surface area contributed by atoms with Crippen LogP contribution in [0.15, 0.2) is 23.8 Å². The highest BCUT2D eigenvalue weighted by Gasteiger charge is 2.52. The van der Waals surface area contributed by atoms with E-state index in [0.29, 0.717) is 16.7 Å². The Kier molecular flexibility index (Phi) is 6.22. The molecule has 0 saturated carbocycles. The number of carbonyl (C=O) groups excluding carboxylic acids is 1. The van der Waals surface area contributed by atoms with E-state index in [1.807, 2.05) is 27.7 Å². The Bertz CT molecular complexity index is 790. The molecule has 1 amide bonds. The molecule has 1 aromatic heterocycles. The summed E-state index contributed by atoms with van der Waals surface area (Å²) in [5, 5.41) is 12.1. The summed E-state index contributed by atoms with van der Waals surface area (Å²) in [6.07, 6.45) is 2.78. The molecule has 1 fully saturated rings. The number of amides is 1. The maximum atomic E-state index is 12.1. The molecule has 1 saturated heterocycles. The molecule has 8 heteroatoms. The molecular weight excluding hydrogens is 357 g/mol. The first-order valence-electron chi connectivity index (χ1n) is 9.23. The predicted molar refractivity (Wildman–Crippen MR) is 107 cm³/mol. The molecule has 0 unspecified atom stereocenters. The summed E-state index contributed by atoms with van der Waals surface area (Å²) in [6.45, 7) is 13.3. The van der Waals surface area contributed by atoms with Crippen molar-refractivity contribution >= 4 is 19.3 Å². The summed E-state index contributed by atoms with van der Waals surface area (Å²) in [6, 6.07) is 5.50. The van der Waals surface area contributed by atoms with Crippen LogP contribution >= 0.6 is 0 Å². The quantitative estimate of drug-likeness (QED) is 0.798. The van der Waals surface area contributed by atoms with Crippen molar-refractivity contribution in [3.8, 4) is 6.07 Å². The minimum atomic E-state index is -0.687. The summed E-state index contributed by atoms with van der Waals surface area (Å²) in [5.74, 6) is 0. The molecule has 7 nitrogen and oxygen atoms in total. The number of ether oxygens (including phenoxy) is 1. The van der Waals surface area contributed by atoms with Crippen molar-refractivity contribution in [2.75, 3.05) is 6.54 Å². The molecule has 2 heterocycles. The topological polar surface area (TPSA) is 93.5 Å². The van der Waals surface area contributed by atoms with Crippen LogP contribution in [0, 0.1) is 11.3 Å². The van der Waals surface area contributed by atoms with Gasteiger partial charge in [0.2, 0.25) is 0 Å². The van der Waals surface area contributed by atoms with E-state index in [1.54, 1.807) is 45.2 Å². The number of pyridine rings is 1. The van der Waals surface area contributed by atoms with Crippen molar-refractivity contribution in [2.24, 2.45) is 0 Å². The van der Waals surface area contributed by atoms with Gasteiger partial charge in [0.1, 0.15) is 11.7 Å². The molecular formula is C20H28BN3O4. The minimum absolute atomic E-state index is 0.132. The molecule has 0 bridgehead atoms. The van der Waals surface area contributed by atoms with Gasteiger partial charge in [-0.1, -0.05) is 0 Å². The number of rotatable bonds is 4. The fraction of sp³-hybridized carbons (Fsp3) is 0.550. The van der Waals surface area contributed by atoms with Gasteiger partial charge in [0.15, 0.2) is 0 Å². The van der Waals surface area contributed by atoms with Crippen molar-refractivity contribution in [3.05, 3.63) is 35.1 Å². The van der Waals surface area contributed by atoms with Crippen molar-refractivity contribution in [1.82, 2.24) is 10.3 Å². The second-order valence-electron chi connectivity index (χ2n) is 8.71. The molecule has 150 valence electrons. The number of nitrogens with zero attached hydrogens (tertiary/aromatic N) is 2. The number of carbonyl (C=O) groups is 1. The number of hydrogen-bond donors (Lipinski definition) is 1. The van der Waals surface area contributed by atoms with Crippen molar-refractivity contribution < 1.29 is 18.8 Å². The number of aromatic nitrogens is 1. The largest absolute Gasteiger partial charge is 0.492 e. The molecule has 28 heavy (non-hydrogen) atoms. The zero-order valence-electron chi connectivity index (χ0n) is 17.6. The highest BCUT2D eigenvalue weighted by molar-refractivity contribution is 6.56. The van der Waals surface area contributed by atoms with Crippen LogP contribution < -0.4 is 5.32 Å². The summed E-state index contributed by atoms with van der Waals surface area (Å²) < 4.78 is 17.5. The minimum Gasteiger partial charge on any atom is -0.444 e.